The first-order valence-corrected chi connectivity index (χ1v) is 9.23. The smallest absolute Gasteiger partial charge is 0.452 e. The largest absolute Gasteiger partial charge is 0.462 e. The minimum absolute atomic E-state index is 0.231. The Labute approximate surface area is 185 Å². The highest BCUT2D eigenvalue weighted by Crippen LogP contribution is 1.80. The number of hydrogen-bond acceptors (Lipinski definition) is 8. The van der Waals surface area contributed by atoms with Crippen molar-refractivity contribution < 1.29 is 9.90 Å². The second-order valence-electron chi connectivity index (χ2n) is 5.20. The third-order valence-electron chi connectivity index (χ3n) is 2.87. The zero-order chi connectivity index (χ0) is 23.0. The Morgan fingerprint density at radius 2 is 0.844 bits per heavy atom. The molecule has 1 heterocycles. The predicted octanol–water partition coefficient (Wildman–Crippen LogP) is 3.53. The summed E-state index contributed by atoms with van der Waals surface area (Å²) in [4.78, 5) is 11.2. The molecule has 0 amide bonds. The van der Waals surface area contributed by atoms with E-state index in [1.54, 1.807) is 30.3 Å². The molecule has 1 aromatic heterocycles. The van der Waals surface area contributed by atoms with Crippen LogP contribution in [-0.2, 0) is 0 Å². The molecule has 0 aromatic carbocycles. The molecule has 0 fully saturated rings. The fourth-order valence-corrected chi connectivity index (χ4v) is 1.57. The third-order valence-corrected chi connectivity index (χ3v) is 2.87. The molecular weight excluding hydrogens is 408 g/mol. The van der Waals surface area contributed by atoms with Crippen molar-refractivity contribution in [2.75, 3.05) is 0 Å². The number of aromatic nitrogens is 8. The van der Waals surface area contributed by atoms with E-state index in [-0.39, 0.29) is 4.80 Å². The summed E-state index contributed by atoms with van der Waals surface area (Å²) >= 11 is 0. The number of carbonyl (C=O) groups is 1. The quantitative estimate of drug-likeness (QED) is 0.656. The van der Waals surface area contributed by atoms with Gasteiger partial charge in [-0.05, 0) is 43.0 Å². The summed E-state index contributed by atoms with van der Waals surface area (Å²) in [6.45, 7) is 0. The average Bonchev–Trinajstić information content (AvgIpc) is 2.78. The molecule has 1 N–H and O–H groups in total. The summed E-state index contributed by atoms with van der Waals surface area (Å²) < 4.78 is 0. The summed E-state index contributed by atoms with van der Waals surface area (Å²) in [5.41, 5.74) is 0. The molecule has 1 rings (SSSR count). The molecule has 1 aromatic rings. The van der Waals surface area contributed by atoms with Gasteiger partial charge in [0.2, 0.25) is 0 Å². The van der Waals surface area contributed by atoms with Gasteiger partial charge in [-0.2, -0.15) is 0 Å². The van der Waals surface area contributed by atoms with Crippen LogP contribution in [0.5, 0.6) is 0 Å². The van der Waals surface area contributed by atoms with E-state index in [0.717, 1.165) is 0 Å². The minimum Gasteiger partial charge on any atom is -0.462 e. The van der Waals surface area contributed by atoms with Gasteiger partial charge < -0.3 is 5.11 Å². The Bertz CT molecular complexity index is 984. The van der Waals surface area contributed by atoms with Crippen LogP contribution in [0, 0.1) is 0 Å². The summed E-state index contributed by atoms with van der Waals surface area (Å²) in [7, 11) is 0. The Morgan fingerprint density at radius 1 is 0.469 bits per heavy atom. The van der Waals surface area contributed by atoms with E-state index >= 15 is 0 Å². The monoisotopic (exact) mass is 430 g/mol. The second-order valence-corrected chi connectivity index (χ2v) is 5.20. The normalized spacial score (nSPS) is 8.25. The summed E-state index contributed by atoms with van der Waals surface area (Å²) in [6.07, 6.45) is 1.17. The third kappa shape index (κ3) is 16.1. The van der Waals surface area contributed by atoms with Crippen LogP contribution in [0.1, 0.15) is 0 Å². The molecule has 0 unspecified atom stereocenters. The molecule has 10 heteroatoms. The first kappa shape index (κ1) is 25.2. The Hall–Kier alpha value is -4.86. The van der Waals surface area contributed by atoms with Crippen molar-refractivity contribution in [2.24, 2.45) is 0 Å². The van der Waals surface area contributed by atoms with Crippen LogP contribution < -0.4 is 0 Å². The van der Waals surface area contributed by atoms with Gasteiger partial charge in [-0.1, -0.05) is 103 Å². The van der Waals surface area contributed by atoms with E-state index in [0.29, 0.717) is 0 Å². The molecule has 32 heavy (non-hydrogen) atoms. The van der Waals surface area contributed by atoms with Crippen LogP contribution in [0.3, 0.4) is 0 Å². The van der Waals surface area contributed by atoms with E-state index in [1.807, 2.05) is 84.9 Å². The molecule has 0 saturated heterocycles. The van der Waals surface area contributed by atoms with Gasteiger partial charge in [-0.3, -0.25) is 0 Å². The van der Waals surface area contributed by atoms with Gasteiger partial charge in [-0.25, -0.2) is 4.79 Å². The van der Waals surface area contributed by atoms with Crippen molar-refractivity contribution in [3.63, 3.8) is 0 Å². The second kappa shape index (κ2) is 19.5. The Kier molecular flexibility index (Phi) is 15.3. The van der Waals surface area contributed by atoms with E-state index in [9.17, 15) is 4.79 Å². The van der Waals surface area contributed by atoms with Crippen molar-refractivity contribution in [3.05, 3.63) is 128 Å². The van der Waals surface area contributed by atoms with Gasteiger partial charge in [0.15, 0.2) is 0 Å². The molecule has 162 valence electrons. The zero-order valence-electron chi connectivity index (χ0n) is 17.1. The van der Waals surface area contributed by atoms with Crippen LogP contribution in [-0.4, -0.2) is 52.3 Å². The molecule has 0 atom stereocenters. The Balaban J connectivity index is 3.21. The molecule has 0 radical (unpaired) electrons. The lowest BCUT2D eigenvalue weighted by Crippen LogP contribution is -2.16. The van der Waals surface area contributed by atoms with Gasteiger partial charge in [0, 0.05) is 0 Å². The van der Waals surface area contributed by atoms with E-state index in [1.165, 1.54) is 12.4 Å². The molecule has 0 aliphatic carbocycles. The fourth-order valence-electron chi connectivity index (χ4n) is 1.57. The molecule has 0 spiro atoms. The molecule has 0 aliphatic heterocycles. The number of nitrogens with zero attached hydrogens (tertiary/aromatic N) is 8. The van der Waals surface area contributed by atoms with Crippen LogP contribution in [0.4, 0.5) is 4.79 Å². The lowest BCUT2D eigenvalue weighted by atomic mass is 10.4. The number of hydrogen-bond donors (Lipinski definition) is 1. The number of rotatable bonds is 0. The number of carboxylic acid groups (broad SMARTS) is 1. The highest BCUT2D eigenvalue weighted by Gasteiger charge is 1.97. The van der Waals surface area contributed by atoms with Gasteiger partial charge in [0.1, 0.15) is 0 Å². The maximum atomic E-state index is 11.0. The van der Waals surface area contributed by atoms with Gasteiger partial charge in [-0.15, -0.1) is 10.2 Å². The highest BCUT2D eigenvalue weighted by atomic mass is 16.4. The molecule has 0 aliphatic rings. The Morgan fingerprint density at radius 3 is 1.25 bits per heavy atom. The van der Waals surface area contributed by atoms with Crippen molar-refractivity contribution >= 4 is 6.09 Å². The lowest BCUT2D eigenvalue weighted by molar-refractivity contribution is 0.184. The van der Waals surface area contributed by atoms with Crippen LogP contribution in [0.2, 0.25) is 0 Å². The molecular formula is C22H22N8O2. The van der Waals surface area contributed by atoms with E-state index in [4.69, 9.17) is 5.11 Å². The van der Waals surface area contributed by atoms with Gasteiger partial charge in [0.25, 0.3) is 0 Å². The molecule has 0 saturated carbocycles. The van der Waals surface area contributed by atoms with Crippen molar-refractivity contribution in [1.82, 2.24) is 41.1 Å². The van der Waals surface area contributed by atoms with Crippen LogP contribution in [0.15, 0.2) is 128 Å². The average molecular weight is 430 g/mol. The van der Waals surface area contributed by atoms with Gasteiger partial charge in [0.05, 0.1) is 12.4 Å². The highest BCUT2D eigenvalue weighted by molar-refractivity contribution is 5.64. The predicted molar refractivity (Wildman–Crippen MR) is 118 cm³/mol. The van der Waals surface area contributed by atoms with E-state index in [2.05, 4.69) is 36.3 Å². The topological polar surface area (TPSA) is 132 Å². The van der Waals surface area contributed by atoms with Crippen molar-refractivity contribution in [1.29, 1.82) is 0 Å². The van der Waals surface area contributed by atoms with Crippen molar-refractivity contribution in [2.45, 2.75) is 0 Å². The van der Waals surface area contributed by atoms with E-state index < -0.39 is 6.09 Å². The van der Waals surface area contributed by atoms with Gasteiger partial charge >= 0.3 is 6.09 Å². The lowest BCUT2D eigenvalue weighted by Gasteiger charge is -1.85. The van der Waals surface area contributed by atoms with Crippen LogP contribution in [0.25, 0.3) is 0 Å². The summed E-state index contributed by atoms with van der Waals surface area (Å²) in [5, 5.41) is 32.4. The summed E-state index contributed by atoms with van der Waals surface area (Å²) in [5.74, 6) is 0. The first-order chi connectivity index (χ1) is 15.8. The zero-order valence-corrected chi connectivity index (χ0v) is 17.1. The van der Waals surface area contributed by atoms with Crippen LogP contribution >= 0.6 is 0 Å². The first-order valence-electron chi connectivity index (χ1n) is 9.23. The maximum absolute atomic E-state index is 11.0. The molecule has 0 bridgehead atoms. The van der Waals surface area contributed by atoms with Crippen molar-refractivity contribution in [3.8, 4) is 0 Å². The minimum atomic E-state index is -1.49. The fraction of sp³-hybridized carbons (Fsp3) is 0. The maximum Gasteiger partial charge on any atom is 0.452 e. The molecule has 10 nitrogen and oxygen atoms in total. The standard InChI is InChI=1S/C22H22N8O2/c31-22(32)30-28-24-21-19-17-15-13-11-9-7-5-3-1-2-4-6-8-10-12-14-16-18-20-23-25-26-27-29-30/h1-21H,(H,31,32). The summed E-state index contributed by atoms with van der Waals surface area (Å²) in [6, 6.07) is 34.8. The SMILES string of the molecule is O=C(O)n1nncccccccccccccccccccccnnnnn1.